The number of aliphatic hydroxyl groups excluding tert-OH is 1. The molecule has 1 aliphatic heterocycles. The standard InChI is InChI=1S/C22H25NO6/c1-4-5-6-11-23-19(16-8-7-12-29-16)18(21(25)22(23)26)20(24)14-9-10-15(27-2)17(13-14)28-3/h7-10,12-13,19,24H,4-6,11H2,1-3H3/b20-18-. The van der Waals surface area contributed by atoms with Gasteiger partial charge in [-0.3, -0.25) is 9.59 Å². The Balaban J connectivity index is 2.09. The Hall–Kier alpha value is -3.22. The molecule has 1 atom stereocenters. The molecule has 154 valence electrons. The number of methoxy groups -OCH3 is 2. The maximum Gasteiger partial charge on any atom is 0.295 e. The third-order valence-electron chi connectivity index (χ3n) is 5.01. The molecule has 1 aromatic heterocycles. The average molecular weight is 399 g/mol. The minimum Gasteiger partial charge on any atom is -0.507 e. The van der Waals surface area contributed by atoms with E-state index in [0.29, 0.717) is 29.4 Å². The first-order chi connectivity index (χ1) is 14.0. The predicted molar refractivity (Wildman–Crippen MR) is 107 cm³/mol. The van der Waals surface area contributed by atoms with Gasteiger partial charge in [-0.1, -0.05) is 19.8 Å². The molecule has 1 aliphatic rings. The van der Waals surface area contributed by atoms with Gasteiger partial charge in [0.1, 0.15) is 17.6 Å². The van der Waals surface area contributed by atoms with Gasteiger partial charge in [0.2, 0.25) is 0 Å². The Morgan fingerprint density at radius 3 is 2.52 bits per heavy atom. The first-order valence-electron chi connectivity index (χ1n) is 9.57. The van der Waals surface area contributed by atoms with Gasteiger partial charge in [0, 0.05) is 12.1 Å². The zero-order valence-electron chi connectivity index (χ0n) is 16.8. The van der Waals surface area contributed by atoms with Crippen LogP contribution in [0.15, 0.2) is 46.6 Å². The van der Waals surface area contributed by atoms with Gasteiger partial charge in [0.15, 0.2) is 11.5 Å². The number of ether oxygens (including phenoxy) is 2. The van der Waals surface area contributed by atoms with E-state index in [1.165, 1.54) is 25.4 Å². The molecule has 0 spiro atoms. The number of nitrogens with zero attached hydrogens (tertiary/aromatic N) is 1. The largest absolute Gasteiger partial charge is 0.507 e. The smallest absolute Gasteiger partial charge is 0.295 e. The number of carbonyl (C=O) groups is 2. The fraction of sp³-hybridized carbons (Fsp3) is 0.364. The molecule has 2 heterocycles. The van der Waals surface area contributed by atoms with Crippen molar-refractivity contribution in [2.24, 2.45) is 0 Å². The van der Waals surface area contributed by atoms with Crippen LogP contribution in [0.5, 0.6) is 11.5 Å². The topological polar surface area (TPSA) is 89.2 Å². The van der Waals surface area contributed by atoms with E-state index in [2.05, 4.69) is 6.92 Å². The summed E-state index contributed by atoms with van der Waals surface area (Å²) in [5.41, 5.74) is 0.361. The monoisotopic (exact) mass is 399 g/mol. The molecule has 1 fully saturated rings. The number of hydrogen-bond donors (Lipinski definition) is 1. The molecule has 7 heteroatoms. The molecule has 1 aromatic carbocycles. The third-order valence-corrected chi connectivity index (χ3v) is 5.01. The molecule has 7 nitrogen and oxygen atoms in total. The van der Waals surface area contributed by atoms with E-state index in [-0.39, 0.29) is 11.3 Å². The van der Waals surface area contributed by atoms with Gasteiger partial charge >= 0.3 is 0 Å². The van der Waals surface area contributed by atoms with Crippen molar-refractivity contribution < 1.29 is 28.6 Å². The average Bonchev–Trinajstić information content (AvgIpc) is 3.35. The van der Waals surface area contributed by atoms with Crippen molar-refractivity contribution in [1.29, 1.82) is 0 Å². The van der Waals surface area contributed by atoms with Crippen molar-refractivity contribution in [1.82, 2.24) is 4.90 Å². The van der Waals surface area contributed by atoms with Crippen molar-refractivity contribution in [3.05, 3.63) is 53.5 Å². The van der Waals surface area contributed by atoms with Crippen LogP contribution in [0.1, 0.15) is 43.6 Å². The Morgan fingerprint density at radius 2 is 1.90 bits per heavy atom. The molecule has 3 rings (SSSR count). The highest BCUT2D eigenvalue weighted by Gasteiger charge is 2.47. The number of rotatable bonds is 8. The third kappa shape index (κ3) is 3.85. The van der Waals surface area contributed by atoms with Crippen LogP contribution in [0, 0.1) is 0 Å². The van der Waals surface area contributed by atoms with Gasteiger partial charge in [-0.25, -0.2) is 0 Å². The van der Waals surface area contributed by atoms with E-state index in [9.17, 15) is 14.7 Å². The molecule has 0 bridgehead atoms. The summed E-state index contributed by atoms with van der Waals surface area (Å²) >= 11 is 0. The highest BCUT2D eigenvalue weighted by Crippen LogP contribution is 2.40. The van der Waals surface area contributed by atoms with E-state index >= 15 is 0 Å². The molecule has 0 radical (unpaired) electrons. The molecular formula is C22H25NO6. The second kappa shape index (κ2) is 8.86. The van der Waals surface area contributed by atoms with Gasteiger partial charge in [-0.05, 0) is 36.8 Å². The van der Waals surface area contributed by atoms with Crippen molar-refractivity contribution >= 4 is 17.4 Å². The summed E-state index contributed by atoms with van der Waals surface area (Å²) in [6.45, 7) is 2.47. The Bertz CT molecular complexity index is 915. The van der Waals surface area contributed by atoms with E-state index in [1.807, 2.05) is 0 Å². The van der Waals surface area contributed by atoms with Crippen molar-refractivity contribution in [2.45, 2.75) is 32.2 Å². The van der Waals surface area contributed by atoms with Crippen molar-refractivity contribution in [3.63, 3.8) is 0 Å². The van der Waals surface area contributed by atoms with Crippen LogP contribution in [-0.2, 0) is 9.59 Å². The van der Waals surface area contributed by atoms with Crippen LogP contribution >= 0.6 is 0 Å². The van der Waals surface area contributed by atoms with Crippen LogP contribution < -0.4 is 9.47 Å². The van der Waals surface area contributed by atoms with Crippen LogP contribution in [0.25, 0.3) is 5.76 Å². The molecule has 1 amide bonds. The SMILES string of the molecule is CCCCCN1C(=O)C(=O)/C(=C(\O)c2ccc(OC)c(OC)c2)C1c1ccco1. The molecule has 1 unspecified atom stereocenters. The Labute approximate surface area is 169 Å². The van der Waals surface area contributed by atoms with E-state index in [4.69, 9.17) is 13.9 Å². The first-order valence-corrected chi connectivity index (χ1v) is 9.57. The van der Waals surface area contributed by atoms with Gasteiger partial charge in [-0.2, -0.15) is 0 Å². The van der Waals surface area contributed by atoms with Gasteiger partial charge in [-0.15, -0.1) is 0 Å². The van der Waals surface area contributed by atoms with E-state index in [0.717, 1.165) is 19.3 Å². The van der Waals surface area contributed by atoms with Crippen LogP contribution in [0.4, 0.5) is 0 Å². The molecular weight excluding hydrogens is 374 g/mol. The second-order valence-electron chi connectivity index (χ2n) is 6.78. The lowest BCUT2D eigenvalue weighted by atomic mass is 9.99. The fourth-order valence-corrected chi connectivity index (χ4v) is 3.52. The lowest BCUT2D eigenvalue weighted by molar-refractivity contribution is -0.140. The quantitative estimate of drug-likeness (QED) is 0.313. The van der Waals surface area contributed by atoms with E-state index in [1.54, 1.807) is 30.3 Å². The zero-order valence-corrected chi connectivity index (χ0v) is 16.8. The first kappa shape index (κ1) is 20.5. The second-order valence-corrected chi connectivity index (χ2v) is 6.78. The summed E-state index contributed by atoms with van der Waals surface area (Å²) in [6.07, 6.45) is 4.17. The number of aliphatic hydroxyl groups is 1. The molecule has 1 saturated heterocycles. The number of Topliss-reactive ketones (excluding diaryl/α,β-unsaturated/α-hetero) is 1. The molecule has 1 N–H and O–H groups in total. The Kier molecular flexibility index (Phi) is 6.26. The molecule has 2 aromatic rings. The highest BCUT2D eigenvalue weighted by atomic mass is 16.5. The summed E-state index contributed by atoms with van der Waals surface area (Å²) in [5, 5.41) is 11.0. The number of hydrogen-bond acceptors (Lipinski definition) is 6. The lowest BCUT2D eigenvalue weighted by Crippen LogP contribution is -2.30. The fourth-order valence-electron chi connectivity index (χ4n) is 3.52. The predicted octanol–water partition coefficient (Wildman–Crippen LogP) is 3.91. The van der Waals surface area contributed by atoms with Crippen molar-refractivity contribution in [2.75, 3.05) is 20.8 Å². The number of amides is 1. The number of benzene rings is 1. The summed E-state index contributed by atoms with van der Waals surface area (Å²) in [4.78, 5) is 27.0. The van der Waals surface area contributed by atoms with Crippen molar-refractivity contribution in [3.8, 4) is 11.5 Å². The highest BCUT2D eigenvalue weighted by molar-refractivity contribution is 6.46. The van der Waals surface area contributed by atoms with Gasteiger partial charge in [0.05, 0.1) is 26.1 Å². The number of carbonyl (C=O) groups excluding carboxylic acids is 2. The molecule has 0 aliphatic carbocycles. The maximum absolute atomic E-state index is 12.8. The van der Waals surface area contributed by atoms with Crippen LogP contribution in [0.2, 0.25) is 0 Å². The number of ketones is 1. The minimum absolute atomic E-state index is 0.00803. The summed E-state index contributed by atoms with van der Waals surface area (Å²) in [6, 6.07) is 7.43. The number of likely N-dealkylation sites (tertiary alicyclic amines) is 1. The lowest BCUT2D eigenvalue weighted by Gasteiger charge is -2.23. The Morgan fingerprint density at radius 1 is 1.14 bits per heavy atom. The normalized spacial score (nSPS) is 18.3. The van der Waals surface area contributed by atoms with Gasteiger partial charge in [0.25, 0.3) is 11.7 Å². The summed E-state index contributed by atoms with van der Waals surface area (Å²) in [7, 11) is 2.99. The van der Waals surface area contributed by atoms with Crippen LogP contribution in [-0.4, -0.2) is 42.5 Å². The number of unbranched alkanes of at least 4 members (excludes halogenated alkanes) is 2. The van der Waals surface area contributed by atoms with Gasteiger partial charge < -0.3 is 23.9 Å². The minimum atomic E-state index is -0.769. The summed E-state index contributed by atoms with van der Waals surface area (Å²) in [5.74, 6) is -0.305. The zero-order chi connectivity index (χ0) is 21.0. The van der Waals surface area contributed by atoms with E-state index < -0.39 is 17.7 Å². The molecule has 0 saturated carbocycles. The van der Waals surface area contributed by atoms with Crippen LogP contribution in [0.3, 0.4) is 0 Å². The maximum atomic E-state index is 12.8. The molecule has 29 heavy (non-hydrogen) atoms. The summed E-state index contributed by atoms with van der Waals surface area (Å²) < 4.78 is 16.0. The number of furan rings is 1.